The van der Waals surface area contributed by atoms with E-state index in [1.165, 1.54) is 0 Å². The number of sulfone groups is 1. The fourth-order valence-corrected chi connectivity index (χ4v) is 3.22. The molecule has 2 N–H and O–H groups in total. The molecule has 0 radical (unpaired) electrons. The third-order valence-electron chi connectivity index (χ3n) is 2.57. The molecule has 1 aromatic heterocycles. The molecule has 2 heterocycles. The summed E-state index contributed by atoms with van der Waals surface area (Å²) in [6.07, 6.45) is 2.88. The third kappa shape index (κ3) is 1.75. The molecule has 0 atom stereocenters. The van der Waals surface area contributed by atoms with Gasteiger partial charge < -0.3 is 5.73 Å². The number of nitrogen functional groups attached to an aromatic ring is 1. The molecule has 0 amide bonds. The van der Waals surface area contributed by atoms with Gasteiger partial charge >= 0.3 is 0 Å². The van der Waals surface area contributed by atoms with Crippen molar-refractivity contribution in [1.82, 2.24) is 9.78 Å². The minimum Gasteiger partial charge on any atom is -0.384 e. The van der Waals surface area contributed by atoms with Crippen molar-refractivity contribution < 1.29 is 8.42 Å². The molecular weight excluding hydrogens is 202 g/mol. The van der Waals surface area contributed by atoms with Crippen LogP contribution in [0.3, 0.4) is 0 Å². The van der Waals surface area contributed by atoms with E-state index >= 15 is 0 Å². The maximum atomic E-state index is 11.2. The first-order chi connectivity index (χ1) is 6.58. The van der Waals surface area contributed by atoms with E-state index in [-0.39, 0.29) is 17.5 Å². The summed E-state index contributed by atoms with van der Waals surface area (Å²) in [5.41, 5.74) is 5.69. The van der Waals surface area contributed by atoms with Gasteiger partial charge in [0, 0.05) is 0 Å². The molecule has 6 heteroatoms. The highest BCUT2D eigenvalue weighted by atomic mass is 32.2. The molecule has 5 nitrogen and oxygen atoms in total. The summed E-state index contributed by atoms with van der Waals surface area (Å²) in [6, 6.07) is 1.87. The van der Waals surface area contributed by atoms with E-state index in [1.807, 2.05) is 0 Å². The van der Waals surface area contributed by atoms with Crippen molar-refractivity contribution in [3.8, 4) is 0 Å². The molecular formula is C8H13N3O2S. The number of rotatable bonds is 1. The van der Waals surface area contributed by atoms with Crippen molar-refractivity contribution in [2.75, 3.05) is 17.2 Å². The highest BCUT2D eigenvalue weighted by Gasteiger charge is 2.25. The zero-order valence-electron chi connectivity index (χ0n) is 7.76. The molecule has 1 aromatic rings. The Morgan fingerprint density at radius 1 is 1.43 bits per heavy atom. The van der Waals surface area contributed by atoms with Gasteiger partial charge in [-0.1, -0.05) is 0 Å². The molecule has 0 spiro atoms. The fourth-order valence-electron chi connectivity index (χ4n) is 1.75. The molecule has 2 rings (SSSR count). The molecule has 0 aromatic carbocycles. The van der Waals surface area contributed by atoms with Crippen molar-refractivity contribution in [3.05, 3.63) is 12.3 Å². The lowest BCUT2D eigenvalue weighted by Crippen LogP contribution is -2.26. The van der Waals surface area contributed by atoms with Gasteiger partial charge in [-0.2, -0.15) is 5.10 Å². The minimum absolute atomic E-state index is 0.147. The Kier molecular flexibility index (Phi) is 2.22. The molecule has 0 aliphatic carbocycles. The Labute approximate surface area is 82.8 Å². The normalized spacial score (nSPS) is 22.3. The fraction of sp³-hybridized carbons (Fsp3) is 0.625. The predicted octanol–water partition coefficient (Wildman–Crippen LogP) is 0.215. The average Bonchev–Trinajstić information content (AvgIpc) is 2.52. The molecule has 0 saturated carbocycles. The molecule has 0 unspecified atom stereocenters. The molecule has 1 aliphatic rings. The van der Waals surface area contributed by atoms with E-state index in [0.717, 1.165) is 0 Å². The van der Waals surface area contributed by atoms with Gasteiger partial charge in [-0.3, -0.25) is 0 Å². The lowest BCUT2D eigenvalue weighted by molar-refractivity contribution is 0.419. The van der Waals surface area contributed by atoms with E-state index in [0.29, 0.717) is 18.7 Å². The van der Waals surface area contributed by atoms with Gasteiger partial charge in [0.25, 0.3) is 0 Å². The van der Waals surface area contributed by atoms with Crippen molar-refractivity contribution in [1.29, 1.82) is 0 Å². The number of hydrogen-bond donors (Lipinski definition) is 1. The highest BCUT2D eigenvalue weighted by molar-refractivity contribution is 7.91. The SMILES string of the molecule is Nc1ccnn1C1CCS(=O)(=O)CC1. The summed E-state index contributed by atoms with van der Waals surface area (Å²) in [5, 5.41) is 4.08. The Balaban J connectivity index is 2.13. The van der Waals surface area contributed by atoms with Crippen LogP contribution in [0.5, 0.6) is 0 Å². The maximum Gasteiger partial charge on any atom is 0.150 e. The average molecular weight is 215 g/mol. The molecule has 14 heavy (non-hydrogen) atoms. The van der Waals surface area contributed by atoms with E-state index in [9.17, 15) is 8.42 Å². The second-order valence-corrected chi connectivity index (χ2v) is 5.89. The quantitative estimate of drug-likeness (QED) is 0.726. The van der Waals surface area contributed by atoms with Gasteiger partial charge in [-0.15, -0.1) is 0 Å². The molecule has 1 aliphatic heterocycles. The van der Waals surface area contributed by atoms with Crippen molar-refractivity contribution in [2.45, 2.75) is 18.9 Å². The molecule has 0 bridgehead atoms. The largest absolute Gasteiger partial charge is 0.384 e. The van der Waals surface area contributed by atoms with Gasteiger partial charge in [-0.05, 0) is 18.9 Å². The van der Waals surface area contributed by atoms with E-state index < -0.39 is 9.84 Å². The van der Waals surface area contributed by atoms with Crippen LogP contribution in [-0.4, -0.2) is 29.7 Å². The van der Waals surface area contributed by atoms with Crippen LogP contribution in [0.15, 0.2) is 12.3 Å². The number of nitrogens with zero attached hydrogens (tertiary/aromatic N) is 2. The highest BCUT2D eigenvalue weighted by Crippen LogP contribution is 2.24. The lowest BCUT2D eigenvalue weighted by atomic mass is 10.2. The Hall–Kier alpha value is -1.04. The lowest BCUT2D eigenvalue weighted by Gasteiger charge is -2.22. The van der Waals surface area contributed by atoms with Crippen LogP contribution >= 0.6 is 0 Å². The van der Waals surface area contributed by atoms with Gasteiger partial charge in [0.15, 0.2) is 0 Å². The Morgan fingerprint density at radius 3 is 2.57 bits per heavy atom. The van der Waals surface area contributed by atoms with Crippen LogP contribution in [0.4, 0.5) is 5.82 Å². The van der Waals surface area contributed by atoms with Gasteiger partial charge in [0.1, 0.15) is 15.7 Å². The second kappa shape index (κ2) is 3.27. The first kappa shape index (κ1) is 9.51. The zero-order chi connectivity index (χ0) is 10.2. The smallest absolute Gasteiger partial charge is 0.150 e. The summed E-state index contributed by atoms with van der Waals surface area (Å²) in [4.78, 5) is 0. The summed E-state index contributed by atoms with van der Waals surface area (Å²) in [5.74, 6) is 1.10. The summed E-state index contributed by atoms with van der Waals surface area (Å²) in [6.45, 7) is 0. The monoisotopic (exact) mass is 215 g/mol. The predicted molar refractivity (Wildman–Crippen MR) is 53.6 cm³/mol. The minimum atomic E-state index is -2.80. The van der Waals surface area contributed by atoms with Crippen LogP contribution in [0.1, 0.15) is 18.9 Å². The Bertz CT molecular complexity index is 410. The zero-order valence-corrected chi connectivity index (χ0v) is 8.57. The first-order valence-electron chi connectivity index (χ1n) is 4.58. The number of hydrogen-bond acceptors (Lipinski definition) is 4. The molecule has 1 fully saturated rings. The van der Waals surface area contributed by atoms with Gasteiger partial charge in [0.05, 0.1) is 23.7 Å². The van der Waals surface area contributed by atoms with Crippen LogP contribution in [0, 0.1) is 0 Å². The molecule has 1 saturated heterocycles. The van der Waals surface area contributed by atoms with Gasteiger partial charge in [0.2, 0.25) is 0 Å². The standard InChI is InChI=1S/C8H13N3O2S/c9-8-1-4-10-11(8)7-2-5-14(12,13)6-3-7/h1,4,7H,2-3,5-6,9H2. The number of aromatic nitrogens is 2. The van der Waals surface area contributed by atoms with Crippen LogP contribution in [0.25, 0.3) is 0 Å². The Morgan fingerprint density at radius 2 is 2.07 bits per heavy atom. The van der Waals surface area contributed by atoms with E-state index in [4.69, 9.17) is 5.73 Å². The van der Waals surface area contributed by atoms with Crippen LogP contribution < -0.4 is 5.73 Å². The maximum absolute atomic E-state index is 11.2. The topological polar surface area (TPSA) is 78.0 Å². The summed E-state index contributed by atoms with van der Waals surface area (Å²) in [7, 11) is -2.80. The van der Waals surface area contributed by atoms with Crippen molar-refractivity contribution >= 4 is 15.7 Å². The van der Waals surface area contributed by atoms with Gasteiger partial charge in [-0.25, -0.2) is 13.1 Å². The second-order valence-electron chi connectivity index (χ2n) is 3.58. The van der Waals surface area contributed by atoms with E-state index in [1.54, 1.807) is 16.9 Å². The number of anilines is 1. The van der Waals surface area contributed by atoms with Crippen molar-refractivity contribution in [2.24, 2.45) is 0 Å². The third-order valence-corrected chi connectivity index (χ3v) is 4.29. The summed E-state index contributed by atoms with van der Waals surface area (Å²) < 4.78 is 24.1. The molecule has 78 valence electrons. The van der Waals surface area contributed by atoms with Crippen molar-refractivity contribution in [3.63, 3.8) is 0 Å². The summed E-state index contributed by atoms with van der Waals surface area (Å²) >= 11 is 0. The van der Waals surface area contributed by atoms with E-state index in [2.05, 4.69) is 5.10 Å². The number of nitrogens with two attached hydrogens (primary N) is 1. The van der Waals surface area contributed by atoms with Crippen LogP contribution in [-0.2, 0) is 9.84 Å². The first-order valence-corrected chi connectivity index (χ1v) is 6.40. The van der Waals surface area contributed by atoms with Crippen LogP contribution in [0.2, 0.25) is 0 Å².